The summed E-state index contributed by atoms with van der Waals surface area (Å²) in [4.78, 5) is 24.0. The Hall–Kier alpha value is -3.35. The predicted molar refractivity (Wildman–Crippen MR) is 94.4 cm³/mol. The highest BCUT2D eigenvalue weighted by molar-refractivity contribution is 5.96. The quantitative estimate of drug-likeness (QED) is 0.589. The lowest BCUT2D eigenvalue weighted by molar-refractivity contribution is -0.121. The molecule has 26 heavy (non-hydrogen) atoms. The standard InChI is InChI=1S/C19H19FN2O4/c1-3-10-26-16-9-6-14(12-17(16)25-2)19(24)22-21-18(23)11-13-4-7-15(20)8-5-13/h3-9,12H,1,10-11H2,2H3,(H,21,23)(H,22,24). The molecule has 0 unspecified atom stereocenters. The molecule has 0 aliphatic carbocycles. The van der Waals surface area contributed by atoms with Crippen LogP contribution in [0.15, 0.2) is 55.1 Å². The third-order valence-electron chi connectivity index (χ3n) is 3.38. The first-order chi connectivity index (χ1) is 12.5. The van der Waals surface area contributed by atoms with Crippen LogP contribution >= 0.6 is 0 Å². The summed E-state index contributed by atoms with van der Waals surface area (Å²) in [7, 11) is 1.46. The third kappa shape index (κ3) is 5.34. The van der Waals surface area contributed by atoms with Crippen LogP contribution in [0.4, 0.5) is 4.39 Å². The highest BCUT2D eigenvalue weighted by Gasteiger charge is 2.12. The van der Waals surface area contributed by atoms with E-state index in [1.54, 1.807) is 18.2 Å². The van der Waals surface area contributed by atoms with Crippen molar-refractivity contribution in [2.24, 2.45) is 0 Å². The number of ether oxygens (including phenoxy) is 2. The lowest BCUT2D eigenvalue weighted by Gasteiger charge is -2.12. The Balaban J connectivity index is 1.93. The van der Waals surface area contributed by atoms with E-state index < -0.39 is 11.8 Å². The molecule has 0 atom stereocenters. The largest absolute Gasteiger partial charge is 0.493 e. The van der Waals surface area contributed by atoms with Crippen LogP contribution in [0.5, 0.6) is 11.5 Å². The molecule has 136 valence electrons. The first-order valence-electron chi connectivity index (χ1n) is 7.79. The van der Waals surface area contributed by atoms with Gasteiger partial charge < -0.3 is 9.47 Å². The van der Waals surface area contributed by atoms with Gasteiger partial charge in [-0.05, 0) is 35.9 Å². The molecule has 7 heteroatoms. The second kappa shape index (κ2) is 9.22. The van der Waals surface area contributed by atoms with Crippen molar-refractivity contribution in [3.8, 4) is 11.5 Å². The summed E-state index contributed by atoms with van der Waals surface area (Å²) in [6.07, 6.45) is 1.61. The minimum absolute atomic E-state index is 0.0121. The van der Waals surface area contributed by atoms with Crippen molar-refractivity contribution in [1.29, 1.82) is 0 Å². The normalized spacial score (nSPS) is 9.92. The summed E-state index contributed by atoms with van der Waals surface area (Å²) in [5.41, 5.74) is 5.55. The fraction of sp³-hybridized carbons (Fsp3) is 0.158. The lowest BCUT2D eigenvalue weighted by Crippen LogP contribution is -2.42. The van der Waals surface area contributed by atoms with Gasteiger partial charge in [-0.25, -0.2) is 4.39 Å². The number of halogens is 1. The maximum absolute atomic E-state index is 12.8. The molecule has 2 N–H and O–H groups in total. The molecule has 0 radical (unpaired) electrons. The minimum atomic E-state index is -0.508. The second-order valence-corrected chi connectivity index (χ2v) is 5.27. The maximum atomic E-state index is 12.8. The number of carbonyl (C=O) groups excluding carboxylic acids is 2. The second-order valence-electron chi connectivity index (χ2n) is 5.27. The van der Waals surface area contributed by atoms with Gasteiger partial charge in [0, 0.05) is 5.56 Å². The molecule has 0 heterocycles. The van der Waals surface area contributed by atoms with E-state index in [0.29, 0.717) is 23.7 Å². The Kier molecular flexibility index (Phi) is 6.73. The van der Waals surface area contributed by atoms with E-state index in [-0.39, 0.29) is 17.8 Å². The zero-order valence-corrected chi connectivity index (χ0v) is 14.3. The summed E-state index contributed by atoms with van der Waals surface area (Å²) in [5.74, 6) is -0.452. The average Bonchev–Trinajstić information content (AvgIpc) is 2.66. The van der Waals surface area contributed by atoms with Crippen LogP contribution < -0.4 is 20.3 Å². The van der Waals surface area contributed by atoms with E-state index in [2.05, 4.69) is 17.4 Å². The highest BCUT2D eigenvalue weighted by atomic mass is 19.1. The van der Waals surface area contributed by atoms with Crippen LogP contribution in [0, 0.1) is 5.82 Å². The van der Waals surface area contributed by atoms with E-state index in [1.165, 1.54) is 37.4 Å². The van der Waals surface area contributed by atoms with Crippen molar-refractivity contribution < 1.29 is 23.5 Å². The molecule has 0 fully saturated rings. The monoisotopic (exact) mass is 358 g/mol. The van der Waals surface area contributed by atoms with Crippen molar-refractivity contribution in [2.75, 3.05) is 13.7 Å². The first-order valence-corrected chi connectivity index (χ1v) is 7.79. The van der Waals surface area contributed by atoms with Gasteiger partial charge in [0.15, 0.2) is 11.5 Å². The van der Waals surface area contributed by atoms with Gasteiger partial charge in [0.25, 0.3) is 5.91 Å². The number of amides is 2. The van der Waals surface area contributed by atoms with Crippen molar-refractivity contribution >= 4 is 11.8 Å². The van der Waals surface area contributed by atoms with Crippen LogP contribution in [0.1, 0.15) is 15.9 Å². The topological polar surface area (TPSA) is 76.7 Å². The summed E-state index contributed by atoms with van der Waals surface area (Å²) in [6, 6.07) is 10.2. The summed E-state index contributed by atoms with van der Waals surface area (Å²) in [5, 5.41) is 0. The third-order valence-corrected chi connectivity index (χ3v) is 3.38. The van der Waals surface area contributed by atoms with Crippen LogP contribution in [0.2, 0.25) is 0 Å². The predicted octanol–water partition coefficient (Wildman–Crippen LogP) is 2.40. The summed E-state index contributed by atoms with van der Waals surface area (Å²) < 4.78 is 23.4. The van der Waals surface area contributed by atoms with Gasteiger partial charge in [0.05, 0.1) is 13.5 Å². The van der Waals surface area contributed by atoms with Gasteiger partial charge in [-0.2, -0.15) is 0 Å². The van der Waals surface area contributed by atoms with Gasteiger partial charge in [-0.3, -0.25) is 20.4 Å². The van der Waals surface area contributed by atoms with E-state index in [4.69, 9.17) is 9.47 Å². The van der Waals surface area contributed by atoms with Crippen LogP contribution in [-0.2, 0) is 11.2 Å². The molecule has 6 nitrogen and oxygen atoms in total. The molecule has 2 rings (SSSR count). The Bertz CT molecular complexity index is 791. The molecule has 2 amide bonds. The van der Waals surface area contributed by atoms with Crippen molar-refractivity contribution in [3.05, 3.63) is 72.1 Å². The number of hydrogen-bond donors (Lipinski definition) is 2. The number of hydrogen-bond acceptors (Lipinski definition) is 4. The average molecular weight is 358 g/mol. The molecule has 0 spiro atoms. The lowest BCUT2D eigenvalue weighted by atomic mass is 10.1. The Morgan fingerprint density at radius 1 is 1.12 bits per heavy atom. The molecule has 0 saturated carbocycles. The van der Waals surface area contributed by atoms with Crippen LogP contribution in [0.3, 0.4) is 0 Å². The smallest absolute Gasteiger partial charge is 0.269 e. The number of benzene rings is 2. The van der Waals surface area contributed by atoms with E-state index in [1.807, 2.05) is 0 Å². The van der Waals surface area contributed by atoms with E-state index in [0.717, 1.165) is 0 Å². The van der Waals surface area contributed by atoms with Gasteiger partial charge in [0.1, 0.15) is 12.4 Å². The minimum Gasteiger partial charge on any atom is -0.493 e. The number of rotatable bonds is 7. The van der Waals surface area contributed by atoms with Crippen LogP contribution in [-0.4, -0.2) is 25.5 Å². The number of carbonyl (C=O) groups is 2. The van der Waals surface area contributed by atoms with Gasteiger partial charge >= 0.3 is 0 Å². The molecular weight excluding hydrogens is 339 g/mol. The molecule has 2 aromatic rings. The first kappa shape index (κ1) is 19.0. The van der Waals surface area contributed by atoms with E-state index in [9.17, 15) is 14.0 Å². The fourth-order valence-electron chi connectivity index (χ4n) is 2.11. The van der Waals surface area contributed by atoms with Gasteiger partial charge in [0.2, 0.25) is 5.91 Å². The maximum Gasteiger partial charge on any atom is 0.269 e. The van der Waals surface area contributed by atoms with Crippen LogP contribution in [0.25, 0.3) is 0 Å². The Morgan fingerprint density at radius 3 is 2.50 bits per heavy atom. The van der Waals surface area contributed by atoms with Crippen molar-refractivity contribution in [3.63, 3.8) is 0 Å². The molecule has 0 aliphatic heterocycles. The van der Waals surface area contributed by atoms with Crippen molar-refractivity contribution in [1.82, 2.24) is 10.9 Å². The van der Waals surface area contributed by atoms with Crippen molar-refractivity contribution in [2.45, 2.75) is 6.42 Å². The SMILES string of the molecule is C=CCOc1ccc(C(=O)NNC(=O)Cc2ccc(F)cc2)cc1OC. The molecular formula is C19H19FN2O4. The Morgan fingerprint density at radius 2 is 1.85 bits per heavy atom. The van der Waals surface area contributed by atoms with E-state index >= 15 is 0 Å². The summed E-state index contributed by atoms with van der Waals surface area (Å²) >= 11 is 0. The molecule has 0 aliphatic rings. The zero-order valence-electron chi connectivity index (χ0n) is 14.3. The highest BCUT2D eigenvalue weighted by Crippen LogP contribution is 2.28. The molecule has 0 bridgehead atoms. The Labute approximate surface area is 150 Å². The van der Waals surface area contributed by atoms with Gasteiger partial charge in [-0.15, -0.1) is 0 Å². The zero-order chi connectivity index (χ0) is 18.9. The molecule has 2 aromatic carbocycles. The number of hydrazine groups is 1. The fourth-order valence-corrected chi connectivity index (χ4v) is 2.11. The molecule has 0 saturated heterocycles. The summed E-state index contributed by atoms with van der Waals surface area (Å²) in [6.45, 7) is 3.87. The number of nitrogens with one attached hydrogen (secondary N) is 2. The molecule has 0 aromatic heterocycles. The number of methoxy groups -OCH3 is 1. The van der Waals surface area contributed by atoms with Gasteiger partial charge in [-0.1, -0.05) is 24.8 Å².